The molecule has 3 nitrogen and oxygen atoms in total. The lowest BCUT2D eigenvalue weighted by atomic mass is 10.1. The molecule has 0 aromatic heterocycles. The van der Waals surface area contributed by atoms with Crippen molar-refractivity contribution in [1.82, 2.24) is 4.90 Å². The molecule has 0 unspecified atom stereocenters. The fourth-order valence-electron chi connectivity index (χ4n) is 2.81. The molecule has 0 saturated heterocycles. The first-order valence-electron chi connectivity index (χ1n) is 9.41. The van der Waals surface area contributed by atoms with Crippen LogP contribution in [-0.4, -0.2) is 17.5 Å². The Hall–Kier alpha value is -2.29. The fraction of sp³-hybridized carbons (Fsp3) is 0.409. The molecule has 2 aromatic carbocycles. The van der Waals surface area contributed by atoms with Crippen LogP contribution in [0.4, 0.5) is 10.5 Å². The van der Waals surface area contributed by atoms with Gasteiger partial charge in [0.05, 0.1) is 0 Å². The number of amides is 2. The molecular weight excluding hydrogens is 308 g/mol. The van der Waals surface area contributed by atoms with Crippen LogP contribution in [0.3, 0.4) is 0 Å². The number of unbranched alkanes of at least 4 members (excludes halogenated alkanes) is 3. The highest BCUT2D eigenvalue weighted by Crippen LogP contribution is 2.13. The Balaban J connectivity index is 1.99. The second kappa shape index (κ2) is 10.5. The van der Waals surface area contributed by atoms with E-state index < -0.39 is 0 Å². The van der Waals surface area contributed by atoms with E-state index in [1.807, 2.05) is 35.2 Å². The van der Waals surface area contributed by atoms with E-state index in [4.69, 9.17) is 0 Å². The Morgan fingerprint density at radius 3 is 2.24 bits per heavy atom. The predicted molar refractivity (Wildman–Crippen MR) is 106 cm³/mol. The Labute approximate surface area is 152 Å². The molecule has 2 amide bonds. The topological polar surface area (TPSA) is 32.3 Å². The van der Waals surface area contributed by atoms with Gasteiger partial charge in [0.1, 0.15) is 0 Å². The average molecular weight is 338 g/mol. The third-order valence-electron chi connectivity index (χ3n) is 4.40. The number of hydrogen-bond acceptors (Lipinski definition) is 1. The maximum atomic E-state index is 12.8. The van der Waals surface area contributed by atoms with Gasteiger partial charge < -0.3 is 10.2 Å². The van der Waals surface area contributed by atoms with Crippen molar-refractivity contribution in [2.45, 2.75) is 52.5 Å². The Morgan fingerprint density at radius 1 is 0.880 bits per heavy atom. The monoisotopic (exact) mass is 338 g/mol. The molecule has 0 bridgehead atoms. The van der Waals surface area contributed by atoms with Gasteiger partial charge in [0.25, 0.3) is 0 Å². The van der Waals surface area contributed by atoms with Crippen LogP contribution >= 0.6 is 0 Å². The average Bonchev–Trinajstić information content (AvgIpc) is 2.65. The van der Waals surface area contributed by atoms with E-state index in [0.29, 0.717) is 6.54 Å². The van der Waals surface area contributed by atoms with Crippen molar-refractivity contribution in [2.75, 3.05) is 11.9 Å². The molecule has 0 aliphatic carbocycles. The highest BCUT2D eigenvalue weighted by Gasteiger charge is 2.14. The number of nitrogens with zero attached hydrogens (tertiary/aromatic N) is 1. The Morgan fingerprint density at radius 2 is 1.60 bits per heavy atom. The van der Waals surface area contributed by atoms with Crippen LogP contribution in [0.1, 0.15) is 50.7 Å². The summed E-state index contributed by atoms with van der Waals surface area (Å²) >= 11 is 0. The van der Waals surface area contributed by atoms with Gasteiger partial charge in [-0.05, 0) is 36.1 Å². The molecule has 1 N–H and O–H groups in total. The largest absolute Gasteiger partial charge is 0.322 e. The molecule has 2 aromatic rings. The van der Waals surface area contributed by atoms with E-state index in [2.05, 4.69) is 43.4 Å². The zero-order valence-electron chi connectivity index (χ0n) is 15.5. The van der Waals surface area contributed by atoms with Crippen molar-refractivity contribution in [2.24, 2.45) is 0 Å². The number of carbonyl (C=O) groups is 1. The quantitative estimate of drug-likeness (QED) is 0.570. The van der Waals surface area contributed by atoms with Gasteiger partial charge in [0.15, 0.2) is 0 Å². The van der Waals surface area contributed by atoms with Crippen LogP contribution in [0.2, 0.25) is 0 Å². The third-order valence-corrected chi connectivity index (χ3v) is 4.40. The summed E-state index contributed by atoms with van der Waals surface area (Å²) in [7, 11) is 0. The zero-order valence-corrected chi connectivity index (χ0v) is 15.5. The van der Waals surface area contributed by atoms with Crippen LogP contribution in [-0.2, 0) is 13.0 Å². The van der Waals surface area contributed by atoms with Gasteiger partial charge in [-0.15, -0.1) is 0 Å². The first-order chi connectivity index (χ1) is 12.2. The van der Waals surface area contributed by atoms with Crippen molar-refractivity contribution in [1.29, 1.82) is 0 Å². The number of benzene rings is 2. The first-order valence-corrected chi connectivity index (χ1v) is 9.41. The van der Waals surface area contributed by atoms with Gasteiger partial charge in [-0.2, -0.15) is 0 Å². The van der Waals surface area contributed by atoms with Gasteiger partial charge in [-0.3, -0.25) is 0 Å². The highest BCUT2D eigenvalue weighted by atomic mass is 16.2. The second-order valence-corrected chi connectivity index (χ2v) is 6.45. The molecule has 0 aliphatic heterocycles. The lowest BCUT2D eigenvalue weighted by Gasteiger charge is -2.23. The molecule has 0 fully saturated rings. The third kappa shape index (κ3) is 6.61. The lowest BCUT2D eigenvalue weighted by Crippen LogP contribution is -2.35. The highest BCUT2D eigenvalue weighted by molar-refractivity contribution is 5.89. The van der Waals surface area contributed by atoms with Crippen molar-refractivity contribution < 1.29 is 4.79 Å². The van der Waals surface area contributed by atoms with Crippen LogP contribution in [0.5, 0.6) is 0 Å². The minimum Gasteiger partial charge on any atom is -0.320 e. The summed E-state index contributed by atoms with van der Waals surface area (Å²) in [5.74, 6) is 0. The summed E-state index contributed by atoms with van der Waals surface area (Å²) in [6.07, 6.45) is 5.64. The molecule has 3 heteroatoms. The summed E-state index contributed by atoms with van der Waals surface area (Å²) in [6, 6.07) is 18.3. The molecule has 134 valence electrons. The molecular formula is C22H30N2O. The predicted octanol–water partition coefficient (Wildman–Crippen LogP) is 5.86. The normalized spacial score (nSPS) is 10.5. The molecule has 25 heavy (non-hydrogen) atoms. The zero-order chi connectivity index (χ0) is 17.9. The maximum Gasteiger partial charge on any atom is 0.322 e. The molecule has 0 radical (unpaired) electrons. The molecule has 0 saturated carbocycles. The van der Waals surface area contributed by atoms with Gasteiger partial charge >= 0.3 is 6.03 Å². The minimum atomic E-state index is -0.0235. The van der Waals surface area contributed by atoms with Crippen molar-refractivity contribution in [3.63, 3.8) is 0 Å². The van der Waals surface area contributed by atoms with Gasteiger partial charge in [0, 0.05) is 18.8 Å². The van der Waals surface area contributed by atoms with Gasteiger partial charge in [-0.1, -0.05) is 75.6 Å². The first kappa shape index (κ1) is 19.0. The molecule has 0 heterocycles. The molecule has 2 rings (SSSR count). The van der Waals surface area contributed by atoms with Crippen molar-refractivity contribution >= 4 is 11.7 Å². The Bertz CT molecular complexity index is 622. The molecule has 0 aliphatic rings. The Kier molecular flexibility index (Phi) is 8.03. The number of hydrogen-bond donors (Lipinski definition) is 1. The standard InChI is InChI=1S/C22H30N2O/c1-3-5-6-10-17-24(18-20-11-8-7-9-12-20)22(25)23-21-15-13-19(4-2)14-16-21/h7-9,11-16H,3-6,10,17-18H2,1-2H3,(H,23,25). The molecule has 0 spiro atoms. The number of rotatable bonds is 9. The smallest absolute Gasteiger partial charge is 0.320 e. The summed E-state index contributed by atoms with van der Waals surface area (Å²) in [5, 5.41) is 3.04. The van der Waals surface area contributed by atoms with Crippen molar-refractivity contribution in [3.8, 4) is 0 Å². The van der Waals surface area contributed by atoms with Crippen LogP contribution in [0.25, 0.3) is 0 Å². The SMILES string of the molecule is CCCCCCN(Cc1ccccc1)C(=O)Nc1ccc(CC)cc1. The summed E-state index contributed by atoms with van der Waals surface area (Å²) in [6.45, 7) is 5.76. The summed E-state index contributed by atoms with van der Waals surface area (Å²) in [5.41, 5.74) is 3.29. The summed E-state index contributed by atoms with van der Waals surface area (Å²) < 4.78 is 0. The number of carbonyl (C=O) groups excluding carboxylic acids is 1. The van der Waals surface area contributed by atoms with E-state index in [0.717, 1.165) is 30.6 Å². The van der Waals surface area contributed by atoms with Crippen LogP contribution < -0.4 is 5.32 Å². The van der Waals surface area contributed by atoms with E-state index in [9.17, 15) is 4.79 Å². The van der Waals surface area contributed by atoms with E-state index in [-0.39, 0.29) is 6.03 Å². The summed E-state index contributed by atoms with van der Waals surface area (Å²) in [4.78, 5) is 14.7. The van der Waals surface area contributed by atoms with Gasteiger partial charge in [0.2, 0.25) is 0 Å². The minimum absolute atomic E-state index is 0.0235. The van der Waals surface area contributed by atoms with Crippen molar-refractivity contribution in [3.05, 3.63) is 65.7 Å². The number of anilines is 1. The number of nitrogens with one attached hydrogen (secondary N) is 1. The second-order valence-electron chi connectivity index (χ2n) is 6.45. The maximum absolute atomic E-state index is 12.8. The lowest BCUT2D eigenvalue weighted by molar-refractivity contribution is 0.207. The van der Waals surface area contributed by atoms with E-state index in [1.165, 1.54) is 24.8 Å². The molecule has 0 atom stereocenters. The number of urea groups is 1. The van der Waals surface area contributed by atoms with E-state index in [1.54, 1.807) is 0 Å². The van der Waals surface area contributed by atoms with Crippen LogP contribution in [0.15, 0.2) is 54.6 Å². The number of aryl methyl sites for hydroxylation is 1. The van der Waals surface area contributed by atoms with E-state index >= 15 is 0 Å². The van der Waals surface area contributed by atoms with Crippen LogP contribution in [0, 0.1) is 0 Å². The fourth-order valence-corrected chi connectivity index (χ4v) is 2.81. The van der Waals surface area contributed by atoms with Gasteiger partial charge in [-0.25, -0.2) is 4.79 Å².